The Balaban J connectivity index is 2.30. The number of aliphatic carboxylic acids is 1. The molecule has 1 aliphatic rings. The van der Waals surface area contributed by atoms with Crippen molar-refractivity contribution in [3.8, 4) is 0 Å². The zero-order chi connectivity index (χ0) is 14.2. The van der Waals surface area contributed by atoms with Crippen molar-refractivity contribution < 1.29 is 19.8 Å². The number of hydrogen-bond donors (Lipinski definition) is 3. The van der Waals surface area contributed by atoms with Gasteiger partial charge in [-0.3, -0.25) is 4.79 Å². The number of aliphatic hydroxyl groups is 1. The van der Waals surface area contributed by atoms with Gasteiger partial charge in [0, 0.05) is 28.7 Å². The summed E-state index contributed by atoms with van der Waals surface area (Å²) < 4.78 is 0.641. The van der Waals surface area contributed by atoms with E-state index in [0.29, 0.717) is 15.7 Å². The fourth-order valence-electron chi connectivity index (χ4n) is 2.17. The number of hydrogen-bond acceptors (Lipinski definition) is 4. The lowest BCUT2D eigenvalue weighted by molar-refractivity contribution is -0.141. The van der Waals surface area contributed by atoms with Gasteiger partial charge in [-0.05, 0) is 18.2 Å². The first-order valence-corrected chi connectivity index (χ1v) is 6.45. The van der Waals surface area contributed by atoms with E-state index in [1.807, 2.05) is 0 Å². The van der Waals surface area contributed by atoms with Gasteiger partial charge >= 0.3 is 5.97 Å². The number of carboxylic acid groups (broad SMARTS) is 1. The van der Waals surface area contributed by atoms with Crippen LogP contribution in [0.5, 0.6) is 0 Å². The maximum atomic E-state index is 12.3. The largest absolute Gasteiger partial charge is 0.480 e. The van der Waals surface area contributed by atoms with Crippen LogP contribution in [0.2, 0.25) is 0 Å². The van der Waals surface area contributed by atoms with Gasteiger partial charge in [0.05, 0.1) is 6.10 Å². The Labute approximate surface area is 117 Å². The Hall–Kier alpha value is -1.60. The Morgan fingerprint density at radius 3 is 2.63 bits per heavy atom. The Kier molecular flexibility index (Phi) is 3.77. The Bertz CT molecular complexity index is 514. The van der Waals surface area contributed by atoms with E-state index in [-0.39, 0.29) is 13.0 Å². The van der Waals surface area contributed by atoms with Crippen LogP contribution in [0.15, 0.2) is 22.7 Å². The zero-order valence-electron chi connectivity index (χ0n) is 9.91. The molecule has 1 fully saturated rings. The molecule has 1 aromatic carbocycles. The molecule has 0 aliphatic carbocycles. The predicted molar refractivity (Wildman–Crippen MR) is 71.6 cm³/mol. The molecule has 2 rings (SSSR count). The molecule has 4 N–H and O–H groups in total. The highest BCUT2D eigenvalue weighted by atomic mass is 79.9. The zero-order valence-corrected chi connectivity index (χ0v) is 11.5. The number of nitrogens with two attached hydrogens (primary N) is 1. The van der Waals surface area contributed by atoms with Gasteiger partial charge in [-0.25, -0.2) is 4.79 Å². The molecular weight excluding hydrogens is 316 g/mol. The molecule has 1 saturated heterocycles. The number of halogens is 1. The molecule has 0 spiro atoms. The van der Waals surface area contributed by atoms with E-state index >= 15 is 0 Å². The summed E-state index contributed by atoms with van der Waals surface area (Å²) in [6.07, 6.45) is -0.764. The number of amides is 1. The molecular formula is C12H13BrN2O4. The number of nitrogens with zero attached hydrogens (tertiary/aromatic N) is 1. The van der Waals surface area contributed by atoms with Crippen LogP contribution in [0.25, 0.3) is 0 Å². The van der Waals surface area contributed by atoms with Crippen LogP contribution < -0.4 is 5.73 Å². The number of rotatable bonds is 2. The van der Waals surface area contributed by atoms with Gasteiger partial charge in [-0.15, -0.1) is 0 Å². The monoisotopic (exact) mass is 328 g/mol. The minimum Gasteiger partial charge on any atom is -0.480 e. The van der Waals surface area contributed by atoms with E-state index in [1.54, 1.807) is 12.1 Å². The smallest absolute Gasteiger partial charge is 0.326 e. The summed E-state index contributed by atoms with van der Waals surface area (Å²) in [5.41, 5.74) is 6.36. The molecule has 0 bridgehead atoms. The minimum atomic E-state index is -1.12. The SMILES string of the molecule is Nc1cc(Br)cc(C(=O)N2CC(O)C[C@H]2C(=O)O)c1. The van der Waals surface area contributed by atoms with Gasteiger partial charge in [0.1, 0.15) is 6.04 Å². The molecule has 19 heavy (non-hydrogen) atoms. The summed E-state index contributed by atoms with van der Waals surface area (Å²) in [5.74, 6) is -1.56. The van der Waals surface area contributed by atoms with Crippen LogP contribution in [-0.2, 0) is 4.79 Å². The van der Waals surface area contributed by atoms with Crippen molar-refractivity contribution in [3.63, 3.8) is 0 Å². The molecule has 0 saturated carbocycles. The van der Waals surface area contributed by atoms with Crippen molar-refractivity contribution in [2.45, 2.75) is 18.6 Å². The van der Waals surface area contributed by atoms with Crippen LogP contribution in [0, 0.1) is 0 Å². The first-order chi connectivity index (χ1) is 8.88. The number of β-amino-alcohol motifs (C(OH)–C–C–N with tert-alkyl or cyclic N) is 1. The standard InChI is InChI=1S/C12H13BrN2O4/c13-7-1-6(2-8(14)3-7)11(17)15-5-9(16)4-10(15)12(18)19/h1-3,9-10,16H,4-5,14H2,(H,18,19)/t9?,10-/m0/s1. The van der Waals surface area contributed by atoms with Crippen molar-refractivity contribution in [1.29, 1.82) is 0 Å². The molecule has 1 aliphatic heterocycles. The Morgan fingerprint density at radius 2 is 2.05 bits per heavy atom. The van der Waals surface area contributed by atoms with Crippen LogP contribution in [-0.4, -0.2) is 45.7 Å². The fourth-order valence-corrected chi connectivity index (χ4v) is 2.68. The summed E-state index contributed by atoms with van der Waals surface area (Å²) in [6.45, 7) is 0.0161. The van der Waals surface area contributed by atoms with E-state index in [9.17, 15) is 14.7 Å². The lowest BCUT2D eigenvalue weighted by atomic mass is 10.1. The second-order valence-electron chi connectivity index (χ2n) is 4.47. The highest BCUT2D eigenvalue weighted by Gasteiger charge is 2.39. The number of anilines is 1. The molecule has 0 aromatic heterocycles. The highest BCUT2D eigenvalue weighted by molar-refractivity contribution is 9.10. The van der Waals surface area contributed by atoms with E-state index in [0.717, 1.165) is 4.90 Å². The highest BCUT2D eigenvalue weighted by Crippen LogP contribution is 2.24. The van der Waals surface area contributed by atoms with Gasteiger partial charge in [-0.1, -0.05) is 15.9 Å². The average molecular weight is 329 g/mol. The first kappa shape index (κ1) is 13.8. The summed E-state index contributed by atoms with van der Waals surface area (Å²) in [5, 5.41) is 18.6. The van der Waals surface area contributed by atoms with Gasteiger partial charge in [0.15, 0.2) is 0 Å². The van der Waals surface area contributed by atoms with Gasteiger partial charge in [-0.2, -0.15) is 0 Å². The van der Waals surface area contributed by atoms with Crippen molar-refractivity contribution in [2.24, 2.45) is 0 Å². The number of carbonyl (C=O) groups is 2. The maximum Gasteiger partial charge on any atom is 0.326 e. The van der Waals surface area contributed by atoms with Crippen molar-refractivity contribution in [3.05, 3.63) is 28.2 Å². The third-order valence-corrected chi connectivity index (χ3v) is 3.45. The van der Waals surface area contributed by atoms with E-state index in [1.165, 1.54) is 6.07 Å². The molecule has 7 heteroatoms. The number of benzene rings is 1. The van der Waals surface area contributed by atoms with Crippen LogP contribution in [0.4, 0.5) is 5.69 Å². The van der Waals surface area contributed by atoms with Crippen LogP contribution >= 0.6 is 15.9 Å². The third-order valence-electron chi connectivity index (χ3n) is 2.99. The number of nitrogen functional groups attached to an aromatic ring is 1. The van der Waals surface area contributed by atoms with Gasteiger partial charge < -0.3 is 20.8 Å². The molecule has 1 amide bonds. The third kappa shape index (κ3) is 2.87. The van der Waals surface area contributed by atoms with Crippen LogP contribution in [0.3, 0.4) is 0 Å². The van der Waals surface area contributed by atoms with E-state index in [2.05, 4.69) is 15.9 Å². The summed E-state index contributed by atoms with van der Waals surface area (Å²) in [7, 11) is 0. The molecule has 0 radical (unpaired) electrons. The van der Waals surface area contributed by atoms with Gasteiger partial charge in [0.2, 0.25) is 0 Å². The normalized spacial score (nSPS) is 22.5. The second-order valence-corrected chi connectivity index (χ2v) is 5.39. The van der Waals surface area contributed by atoms with Crippen molar-refractivity contribution >= 4 is 33.5 Å². The molecule has 102 valence electrons. The molecule has 1 aromatic rings. The lowest BCUT2D eigenvalue weighted by Crippen LogP contribution is -2.40. The van der Waals surface area contributed by atoms with Crippen molar-refractivity contribution in [1.82, 2.24) is 4.90 Å². The number of aliphatic hydroxyl groups excluding tert-OH is 1. The summed E-state index contributed by atoms with van der Waals surface area (Å²) >= 11 is 3.23. The number of likely N-dealkylation sites (tertiary alicyclic amines) is 1. The Morgan fingerprint density at radius 1 is 1.37 bits per heavy atom. The number of carbonyl (C=O) groups excluding carboxylic acids is 1. The quantitative estimate of drug-likeness (QED) is 0.693. The fraction of sp³-hybridized carbons (Fsp3) is 0.333. The number of carboxylic acids is 1. The molecule has 2 atom stereocenters. The molecule has 6 nitrogen and oxygen atoms in total. The lowest BCUT2D eigenvalue weighted by Gasteiger charge is -2.21. The van der Waals surface area contributed by atoms with Crippen LogP contribution in [0.1, 0.15) is 16.8 Å². The summed E-state index contributed by atoms with van der Waals surface area (Å²) in [4.78, 5) is 24.5. The molecule has 1 unspecified atom stereocenters. The topological polar surface area (TPSA) is 104 Å². The van der Waals surface area contributed by atoms with E-state index < -0.39 is 24.0 Å². The average Bonchev–Trinajstić information content (AvgIpc) is 2.69. The van der Waals surface area contributed by atoms with Crippen molar-refractivity contribution in [2.75, 3.05) is 12.3 Å². The molecule has 1 heterocycles. The summed E-state index contributed by atoms with van der Waals surface area (Å²) in [6, 6.07) is 3.70. The second kappa shape index (κ2) is 5.18. The maximum absolute atomic E-state index is 12.3. The van der Waals surface area contributed by atoms with Gasteiger partial charge in [0.25, 0.3) is 5.91 Å². The predicted octanol–water partition coefficient (Wildman–Crippen LogP) is 0.691. The first-order valence-electron chi connectivity index (χ1n) is 5.66. The minimum absolute atomic E-state index is 0.0161. The van der Waals surface area contributed by atoms with E-state index in [4.69, 9.17) is 10.8 Å².